The standard InChI is InChI=1S/C17H23NO3/c1-17(2,18-7-10-20-11-8-18)16(19)14-5-6-15-13(12-14)4-3-9-21-15/h5-6,12H,3-4,7-11H2,1-2H3. The van der Waals surface area contributed by atoms with E-state index in [4.69, 9.17) is 9.47 Å². The minimum absolute atomic E-state index is 0.178. The fourth-order valence-electron chi connectivity index (χ4n) is 3.12. The van der Waals surface area contributed by atoms with Gasteiger partial charge in [-0.15, -0.1) is 0 Å². The van der Waals surface area contributed by atoms with Crippen molar-refractivity contribution < 1.29 is 14.3 Å². The number of nitrogens with zero attached hydrogens (tertiary/aromatic N) is 1. The van der Waals surface area contributed by atoms with Crippen LogP contribution >= 0.6 is 0 Å². The summed E-state index contributed by atoms with van der Waals surface area (Å²) in [6, 6.07) is 5.85. The molecule has 0 bridgehead atoms. The summed E-state index contributed by atoms with van der Waals surface area (Å²) in [7, 11) is 0. The number of aryl methyl sites for hydroxylation is 1. The predicted molar refractivity (Wildman–Crippen MR) is 81.1 cm³/mol. The third-order valence-corrected chi connectivity index (χ3v) is 4.53. The number of hydrogen-bond donors (Lipinski definition) is 0. The summed E-state index contributed by atoms with van der Waals surface area (Å²) in [5, 5.41) is 0. The molecule has 114 valence electrons. The third-order valence-electron chi connectivity index (χ3n) is 4.53. The molecule has 1 aromatic carbocycles. The Morgan fingerprint density at radius 1 is 1.19 bits per heavy atom. The summed E-state index contributed by atoms with van der Waals surface area (Å²) in [5.41, 5.74) is 1.45. The highest BCUT2D eigenvalue weighted by Crippen LogP contribution is 2.28. The van der Waals surface area contributed by atoms with E-state index in [1.807, 2.05) is 32.0 Å². The summed E-state index contributed by atoms with van der Waals surface area (Å²) in [5.74, 6) is 1.11. The van der Waals surface area contributed by atoms with E-state index in [0.717, 1.165) is 49.4 Å². The highest BCUT2D eigenvalue weighted by Gasteiger charge is 2.36. The van der Waals surface area contributed by atoms with Gasteiger partial charge in [-0.3, -0.25) is 9.69 Å². The molecule has 4 nitrogen and oxygen atoms in total. The lowest BCUT2D eigenvalue weighted by Gasteiger charge is -2.39. The number of fused-ring (bicyclic) bond motifs is 1. The zero-order chi connectivity index (χ0) is 14.9. The molecule has 0 atom stereocenters. The molecule has 0 aromatic heterocycles. The number of morpholine rings is 1. The molecular formula is C17H23NO3. The van der Waals surface area contributed by atoms with E-state index < -0.39 is 5.54 Å². The maximum atomic E-state index is 12.9. The van der Waals surface area contributed by atoms with Crippen molar-refractivity contribution in [3.63, 3.8) is 0 Å². The topological polar surface area (TPSA) is 38.8 Å². The average Bonchev–Trinajstić information content (AvgIpc) is 2.54. The SMILES string of the molecule is CC(C)(C(=O)c1ccc2c(c1)CCCO2)N1CCOCC1. The van der Waals surface area contributed by atoms with Crippen LogP contribution in [-0.2, 0) is 11.2 Å². The van der Waals surface area contributed by atoms with Gasteiger partial charge < -0.3 is 9.47 Å². The number of carbonyl (C=O) groups is 1. The average molecular weight is 289 g/mol. The molecule has 2 aliphatic heterocycles. The summed E-state index contributed by atoms with van der Waals surface area (Å²) < 4.78 is 11.0. The van der Waals surface area contributed by atoms with Gasteiger partial charge in [0.05, 0.1) is 25.4 Å². The van der Waals surface area contributed by atoms with Crippen LogP contribution in [0.3, 0.4) is 0 Å². The first-order chi connectivity index (χ1) is 10.1. The van der Waals surface area contributed by atoms with Crippen molar-refractivity contribution in [1.82, 2.24) is 4.90 Å². The largest absolute Gasteiger partial charge is 0.493 e. The minimum atomic E-state index is -0.493. The summed E-state index contributed by atoms with van der Waals surface area (Å²) in [6.07, 6.45) is 2.02. The Balaban J connectivity index is 1.83. The van der Waals surface area contributed by atoms with E-state index >= 15 is 0 Å². The summed E-state index contributed by atoms with van der Waals surface area (Å²) in [4.78, 5) is 15.1. The number of ether oxygens (including phenoxy) is 2. The first-order valence-corrected chi connectivity index (χ1v) is 7.72. The number of carbonyl (C=O) groups excluding carboxylic acids is 1. The normalized spacial score (nSPS) is 19.7. The molecular weight excluding hydrogens is 266 g/mol. The van der Waals surface area contributed by atoms with Gasteiger partial charge in [-0.25, -0.2) is 0 Å². The van der Waals surface area contributed by atoms with Crippen LogP contribution in [0.2, 0.25) is 0 Å². The van der Waals surface area contributed by atoms with Crippen LogP contribution in [0.5, 0.6) is 5.75 Å². The van der Waals surface area contributed by atoms with E-state index in [1.165, 1.54) is 0 Å². The Labute approximate surface area is 126 Å². The van der Waals surface area contributed by atoms with Crippen LogP contribution in [0.25, 0.3) is 0 Å². The molecule has 1 fully saturated rings. The minimum Gasteiger partial charge on any atom is -0.493 e. The Bertz CT molecular complexity index is 533. The Kier molecular flexibility index (Phi) is 4.00. The molecule has 0 spiro atoms. The second-order valence-corrected chi connectivity index (χ2v) is 6.26. The van der Waals surface area contributed by atoms with Gasteiger partial charge in [-0.1, -0.05) is 0 Å². The lowest BCUT2D eigenvalue weighted by molar-refractivity contribution is -0.00430. The fraction of sp³-hybridized carbons (Fsp3) is 0.588. The third kappa shape index (κ3) is 2.83. The van der Waals surface area contributed by atoms with Gasteiger partial charge in [0.15, 0.2) is 5.78 Å². The van der Waals surface area contributed by atoms with E-state index in [1.54, 1.807) is 0 Å². The monoisotopic (exact) mass is 289 g/mol. The molecule has 2 heterocycles. The maximum absolute atomic E-state index is 12.9. The number of hydrogen-bond acceptors (Lipinski definition) is 4. The number of ketones is 1. The van der Waals surface area contributed by atoms with Crippen molar-refractivity contribution in [2.75, 3.05) is 32.9 Å². The van der Waals surface area contributed by atoms with Gasteiger partial charge >= 0.3 is 0 Å². The van der Waals surface area contributed by atoms with Crippen LogP contribution in [0.4, 0.5) is 0 Å². The van der Waals surface area contributed by atoms with Crippen molar-refractivity contribution in [1.29, 1.82) is 0 Å². The number of rotatable bonds is 3. The van der Waals surface area contributed by atoms with Crippen molar-refractivity contribution in [2.24, 2.45) is 0 Å². The second kappa shape index (κ2) is 5.78. The zero-order valence-electron chi connectivity index (χ0n) is 12.9. The molecule has 0 aliphatic carbocycles. The van der Waals surface area contributed by atoms with E-state index in [2.05, 4.69) is 4.90 Å². The van der Waals surface area contributed by atoms with Crippen LogP contribution in [0.15, 0.2) is 18.2 Å². The number of Topliss-reactive ketones (excluding diaryl/α,β-unsaturated/α-hetero) is 1. The van der Waals surface area contributed by atoms with Gasteiger partial charge in [0, 0.05) is 18.7 Å². The molecule has 0 radical (unpaired) electrons. The molecule has 4 heteroatoms. The highest BCUT2D eigenvalue weighted by atomic mass is 16.5. The van der Waals surface area contributed by atoms with Crippen LogP contribution < -0.4 is 4.74 Å². The first kappa shape index (κ1) is 14.5. The van der Waals surface area contributed by atoms with E-state index in [-0.39, 0.29) is 5.78 Å². The molecule has 1 aromatic rings. The Morgan fingerprint density at radius 3 is 2.71 bits per heavy atom. The van der Waals surface area contributed by atoms with Gasteiger partial charge in [0.2, 0.25) is 0 Å². The zero-order valence-corrected chi connectivity index (χ0v) is 12.9. The quantitative estimate of drug-likeness (QED) is 0.800. The maximum Gasteiger partial charge on any atom is 0.182 e. The Hall–Kier alpha value is -1.39. The Morgan fingerprint density at radius 2 is 1.95 bits per heavy atom. The molecule has 21 heavy (non-hydrogen) atoms. The van der Waals surface area contributed by atoms with E-state index in [0.29, 0.717) is 13.2 Å². The molecule has 2 aliphatic rings. The van der Waals surface area contributed by atoms with Gasteiger partial charge in [0.25, 0.3) is 0 Å². The molecule has 0 N–H and O–H groups in total. The van der Waals surface area contributed by atoms with Gasteiger partial charge in [0.1, 0.15) is 5.75 Å². The van der Waals surface area contributed by atoms with Crippen LogP contribution in [0.1, 0.15) is 36.2 Å². The van der Waals surface area contributed by atoms with Crippen LogP contribution in [0, 0.1) is 0 Å². The van der Waals surface area contributed by atoms with Crippen LogP contribution in [-0.4, -0.2) is 49.1 Å². The second-order valence-electron chi connectivity index (χ2n) is 6.26. The molecule has 3 rings (SSSR count). The smallest absolute Gasteiger partial charge is 0.182 e. The van der Waals surface area contributed by atoms with Crippen molar-refractivity contribution >= 4 is 5.78 Å². The van der Waals surface area contributed by atoms with Gasteiger partial charge in [-0.2, -0.15) is 0 Å². The van der Waals surface area contributed by atoms with Crippen molar-refractivity contribution in [3.05, 3.63) is 29.3 Å². The fourth-order valence-corrected chi connectivity index (χ4v) is 3.12. The first-order valence-electron chi connectivity index (χ1n) is 7.72. The summed E-state index contributed by atoms with van der Waals surface area (Å²) in [6.45, 7) is 7.83. The molecule has 0 amide bonds. The molecule has 0 saturated carbocycles. The van der Waals surface area contributed by atoms with E-state index in [9.17, 15) is 4.79 Å². The lowest BCUT2D eigenvalue weighted by Crippen LogP contribution is -2.54. The summed E-state index contributed by atoms with van der Waals surface area (Å²) >= 11 is 0. The lowest BCUT2D eigenvalue weighted by atomic mass is 9.89. The highest BCUT2D eigenvalue weighted by molar-refractivity contribution is 6.03. The predicted octanol–water partition coefficient (Wildman–Crippen LogP) is 2.31. The molecule has 1 saturated heterocycles. The van der Waals surface area contributed by atoms with Crippen molar-refractivity contribution in [3.8, 4) is 5.75 Å². The van der Waals surface area contributed by atoms with Crippen molar-refractivity contribution in [2.45, 2.75) is 32.2 Å². The number of benzene rings is 1. The molecule has 0 unspecified atom stereocenters. The van der Waals surface area contributed by atoms with Gasteiger partial charge in [-0.05, 0) is 50.5 Å².